The summed E-state index contributed by atoms with van der Waals surface area (Å²) in [6, 6.07) is 5.60. The lowest BCUT2D eigenvalue weighted by Crippen LogP contribution is -2.60. The number of nitrogens with one attached hydrogen (secondary N) is 2. The van der Waals surface area contributed by atoms with Crippen LogP contribution in [0.3, 0.4) is 0 Å². The summed E-state index contributed by atoms with van der Waals surface area (Å²) in [6.45, 7) is 8.05. The molecule has 0 saturated carbocycles. The lowest BCUT2D eigenvalue weighted by atomic mass is 9.97. The fourth-order valence-electron chi connectivity index (χ4n) is 3.93. The minimum absolute atomic E-state index is 0.171. The summed E-state index contributed by atoms with van der Waals surface area (Å²) in [7, 11) is 0. The van der Waals surface area contributed by atoms with Crippen molar-refractivity contribution in [3.05, 3.63) is 28.8 Å². The fourth-order valence-corrected chi connectivity index (χ4v) is 4.20. The van der Waals surface area contributed by atoms with E-state index in [0.717, 1.165) is 31.6 Å². The van der Waals surface area contributed by atoms with E-state index in [1.165, 1.54) is 6.07 Å². The Morgan fingerprint density at radius 3 is 2.44 bits per heavy atom. The first kappa shape index (κ1) is 24.5. The SMILES string of the molecule is CC(C)(C)OC(=O)N1CCC(N2CC(Nc3ccc(C(=O)NCC(F)F)c(Cl)c3)C2)CC1. The summed E-state index contributed by atoms with van der Waals surface area (Å²) < 4.78 is 30.0. The summed E-state index contributed by atoms with van der Waals surface area (Å²) in [5.74, 6) is -0.616. The Balaban J connectivity index is 1.41. The molecule has 2 fully saturated rings. The molecule has 0 spiro atoms. The predicted molar refractivity (Wildman–Crippen MR) is 120 cm³/mol. The Morgan fingerprint density at radius 2 is 1.88 bits per heavy atom. The summed E-state index contributed by atoms with van der Waals surface area (Å²) in [6.07, 6.45) is -1.02. The van der Waals surface area contributed by atoms with E-state index in [4.69, 9.17) is 16.3 Å². The maximum absolute atomic E-state index is 12.3. The normalized spacial score (nSPS) is 18.4. The molecule has 0 unspecified atom stereocenters. The number of carbonyl (C=O) groups is 2. The number of rotatable bonds is 6. The number of piperidine rings is 1. The Hall–Kier alpha value is -2.13. The van der Waals surface area contributed by atoms with Gasteiger partial charge in [0, 0.05) is 37.9 Å². The van der Waals surface area contributed by atoms with E-state index in [-0.39, 0.29) is 22.7 Å². The van der Waals surface area contributed by atoms with Crippen LogP contribution in [0.15, 0.2) is 18.2 Å². The van der Waals surface area contributed by atoms with Crippen molar-refractivity contribution in [3.63, 3.8) is 0 Å². The van der Waals surface area contributed by atoms with Crippen LogP contribution in [0.4, 0.5) is 19.3 Å². The summed E-state index contributed by atoms with van der Waals surface area (Å²) in [5.41, 5.74) is 0.468. The van der Waals surface area contributed by atoms with Crippen LogP contribution in [0.5, 0.6) is 0 Å². The van der Waals surface area contributed by atoms with Crippen molar-refractivity contribution >= 4 is 29.3 Å². The molecule has 2 saturated heterocycles. The zero-order valence-corrected chi connectivity index (χ0v) is 19.4. The van der Waals surface area contributed by atoms with Gasteiger partial charge in [-0.1, -0.05) is 11.6 Å². The molecule has 2 aliphatic rings. The van der Waals surface area contributed by atoms with Crippen molar-refractivity contribution < 1.29 is 23.1 Å². The molecule has 3 rings (SSSR count). The molecular weight excluding hydrogens is 442 g/mol. The highest BCUT2D eigenvalue weighted by molar-refractivity contribution is 6.34. The fraction of sp³-hybridized carbons (Fsp3) is 0.636. The average molecular weight is 473 g/mol. The third-order valence-corrected chi connectivity index (χ3v) is 5.86. The monoisotopic (exact) mass is 472 g/mol. The largest absolute Gasteiger partial charge is 0.444 e. The molecule has 0 aromatic heterocycles. The van der Waals surface area contributed by atoms with Crippen LogP contribution in [0, 0.1) is 0 Å². The Bertz CT molecular complexity index is 820. The Kier molecular flexibility index (Phi) is 7.82. The lowest BCUT2D eigenvalue weighted by molar-refractivity contribution is 0.00749. The molecule has 10 heteroatoms. The summed E-state index contributed by atoms with van der Waals surface area (Å²) in [4.78, 5) is 28.3. The summed E-state index contributed by atoms with van der Waals surface area (Å²) in [5, 5.41) is 5.76. The number of alkyl halides is 2. The van der Waals surface area contributed by atoms with Gasteiger partial charge in [0.15, 0.2) is 0 Å². The predicted octanol–water partition coefficient (Wildman–Crippen LogP) is 3.83. The van der Waals surface area contributed by atoms with Crippen molar-refractivity contribution in [2.45, 2.75) is 57.7 Å². The van der Waals surface area contributed by atoms with Gasteiger partial charge in [0.05, 0.1) is 23.2 Å². The molecule has 0 bridgehead atoms. The number of hydrogen-bond acceptors (Lipinski definition) is 5. The van der Waals surface area contributed by atoms with Crippen LogP contribution in [0.2, 0.25) is 5.02 Å². The van der Waals surface area contributed by atoms with Crippen LogP contribution < -0.4 is 10.6 Å². The smallest absolute Gasteiger partial charge is 0.410 e. The molecule has 0 atom stereocenters. The second-order valence-electron chi connectivity index (χ2n) is 9.29. The number of benzene rings is 1. The topological polar surface area (TPSA) is 73.9 Å². The first-order valence-electron chi connectivity index (χ1n) is 10.9. The number of amides is 2. The highest BCUT2D eigenvalue weighted by Crippen LogP contribution is 2.27. The molecular formula is C22H31ClF2N4O3. The standard InChI is InChI=1S/C22H31ClF2N4O3/c1-22(2,3)32-21(31)28-8-6-16(7-9-28)29-12-15(13-29)27-14-4-5-17(18(23)10-14)20(30)26-11-19(24)25/h4-5,10,15-16,19,27H,6-9,11-13H2,1-3H3,(H,26,30). The zero-order valence-electron chi connectivity index (χ0n) is 18.7. The number of anilines is 1. The molecule has 0 radical (unpaired) electrons. The number of hydrogen-bond donors (Lipinski definition) is 2. The van der Waals surface area contributed by atoms with Gasteiger partial charge < -0.3 is 20.3 Å². The second kappa shape index (κ2) is 10.2. The molecule has 2 heterocycles. The molecule has 7 nitrogen and oxygen atoms in total. The van der Waals surface area contributed by atoms with Gasteiger partial charge in [-0.15, -0.1) is 0 Å². The first-order valence-corrected chi connectivity index (χ1v) is 11.2. The van der Waals surface area contributed by atoms with E-state index in [0.29, 0.717) is 19.1 Å². The van der Waals surface area contributed by atoms with Gasteiger partial charge in [0.1, 0.15) is 5.60 Å². The van der Waals surface area contributed by atoms with Gasteiger partial charge >= 0.3 is 6.09 Å². The number of likely N-dealkylation sites (tertiary alicyclic amines) is 2. The Morgan fingerprint density at radius 1 is 1.22 bits per heavy atom. The van der Waals surface area contributed by atoms with Crippen LogP contribution in [0.1, 0.15) is 44.0 Å². The minimum atomic E-state index is -2.61. The maximum Gasteiger partial charge on any atom is 0.410 e. The first-order chi connectivity index (χ1) is 15.0. The van der Waals surface area contributed by atoms with Crippen molar-refractivity contribution in [2.24, 2.45) is 0 Å². The Labute approximate surface area is 192 Å². The van der Waals surface area contributed by atoms with E-state index in [9.17, 15) is 18.4 Å². The van der Waals surface area contributed by atoms with Crippen molar-refractivity contribution in [1.82, 2.24) is 15.1 Å². The van der Waals surface area contributed by atoms with Crippen LogP contribution in [0.25, 0.3) is 0 Å². The molecule has 2 aliphatic heterocycles. The molecule has 0 aliphatic carbocycles. The third kappa shape index (κ3) is 6.68. The minimum Gasteiger partial charge on any atom is -0.444 e. The molecule has 2 amide bonds. The van der Waals surface area contributed by atoms with E-state index in [1.807, 2.05) is 20.8 Å². The van der Waals surface area contributed by atoms with Gasteiger partial charge in [-0.2, -0.15) is 0 Å². The molecule has 178 valence electrons. The molecule has 2 N–H and O–H groups in total. The highest BCUT2D eigenvalue weighted by atomic mass is 35.5. The second-order valence-corrected chi connectivity index (χ2v) is 9.70. The van der Waals surface area contributed by atoms with E-state index >= 15 is 0 Å². The maximum atomic E-state index is 12.3. The zero-order chi connectivity index (χ0) is 23.5. The van der Waals surface area contributed by atoms with Crippen LogP contribution in [-0.4, -0.2) is 78.6 Å². The van der Waals surface area contributed by atoms with Gasteiger partial charge in [-0.05, 0) is 51.8 Å². The number of ether oxygens (including phenoxy) is 1. The van der Waals surface area contributed by atoms with Gasteiger partial charge in [0.25, 0.3) is 12.3 Å². The van der Waals surface area contributed by atoms with E-state index in [1.54, 1.807) is 17.0 Å². The third-order valence-electron chi connectivity index (χ3n) is 5.54. The van der Waals surface area contributed by atoms with Crippen molar-refractivity contribution in [2.75, 3.05) is 38.0 Å². The summed E-state index contributed by atoms with van der Waals surface area (Å²) >= 11 is 6.17. The molecule has 1 aromatic carbocycles. The van der Waals surface area contributed by atoms with Crippen molar-refractivity contribution in [1.29, 1.82) is 0 Å². The highest BCUT2D eigenvalue weighted by Gasteiger charge is 2.35. The number of carbonyl (C=O) groups excluding carboxylic acids is 2. The van der Waals surface area contributed by atoms with Gasteiger partial charge in [-0.25, -0.2) is 13.6 Å². The van der Waals surface area contributed by atoms with E-state index < -0.39 is 24.5 Å². The van der Waals surface area contributed by atoms with Gasteiger partial charge in [0.2, 0.25) is 0 Å². The number of nitrogens with zero attached hydrogens (tertiary/aromatic N) is 2. The van der Waals surface area contributed by atoms with Gasteiger partial charge in [-0.3, -0.25) is 9.69 Å². The van der Waals surface area contributed by atoms with E-state index in [2.05, 4.69) is 15.5 Å². The average Bonchev–Trinajstić information content (AvgIpc) is 2.67. The number of halogens is 3. The lowest BCUT2D eigenvalue weighted by Gasteiger charge is -2.47. The quantitative estimate of drug-likeness (QED) is 0.658. The molecule has 32 heavy (non-hydrogen) atoms. The molecule has 1 aromatic rings. The van der Waals surface area contributed by atoms with Crippen LogP contribution in [-0.2, 0) is 4.74 Å². The van der Waals surface area contributed by atoms with Crippen molar-refractivity contribution in [3.8, 4) is 0 Å². The van der Waals surface area contributed by atoms with Crippen LogP contribution >= 0.6 is 11.6 Å².